The predicted octanol–water partition coefficient (Wildman–Crippen LogP) is 4.79. The van der Waals surface area contributed by atoms with Crippen molar-refractivity contribution >= 4 is 11.8 Å². The van der Waals surface area contributed by atoms with Crippen LogP contribution in [0.2, 0.25) is 0 Å². The molecule has 0 spiro atoms. The Morgan fingerprint density at radius 2 is 1.57 bits per heavy atom. The molecule has 0 aliphatic carbocycles. The number of nitrogens with one attached hydrogen (secondary N) is 1. The molecule has 0 aromatic heterocycles. The Morgan fingerprint density at radius 3 is 2.13 bits per heavy atom. The second-order valence-electron chi connectivity index (χ2n) is 7.88. The summed E-state index contributed by atoms with van der Waals surface area (Å²) in [4.78, 5) is 27.7. The summed E-state index contributed by atoms with van der Waals surface area (Å²) in [6, 6.07) is 13.7. The fourth-order valence-electron chi connectivity index (χ4n) is 3.30. The molecule has 2 amide bonds. The highest BCUT2D eigenvalue weighted by Gasteiger charge is 2.29. The molecule has 0 heterocycles. The first-order valence-corrected chi connectivity index (χ1v) is 10.7. The van der Waals surface area contributed by atoms with Crippen LogP contribution in [0.1, 0.15) is 56.7 Å². The maximum absolute atomic E-state index is 13.3. The smallest absolute Gasteiger partial charge is 0.243 e. The highest BCUT2D eigenvalue weighted by atomic mass is 19.1. The lowest BCUT2D eigenvalue weighted by Crippen LogP contribution is -2.50. The van der Waals surface area contributed by atoms with Crippen molar-refractivity contribution in [2.75, 3.05) is 0 Å². The van der Waals surface area contributed by atoms with Crippen LogP contribution in [0.5, 0.6) is 0 Å². The molecule has 2 aromatic carbocycles. The molecule has 2 atom stereocenters. The number of hydrogen-bond acceptors (Lipinski definition) is 2. The molecule has 1 N–H and O–H groups in total. The molecule has 0 aliphatic rings. The first-order valence-electron chi connectivity index (χ1n) is 10.7. The molecule has 4 nitrogen and oxygen atoms in total. The van der Waals surface area contributed by atoms with Crippen LogP contribution in [-0.4, -0.2) is 28.8 Å². The van der Waals surface area contributed by atoms with Gasteiger partial charge in [-0.15, -0.1) is 0 Å². The fourth-order valence-corrected chi connectivity index (χ4v) is 3.30. The van der Waals surface area contributed by atoms with Crippen molar-refractivity contribution in [2.24, 2.45) is 0 Å². The summed E-state index contributed by atoms with van der Waals surface area (Å²) in [5.41, 5.74) is 3.07. The van der Waals surface area contributed by atoms with Crippen LogP contribution in [0.15, 0.2) is 48.5 Å². The third-order valence-corrected chi connectivity index (χ3v) is 5.40. The third-order valence-electron chi connectivity index (χ3n) is 5.40. The van der Waals surface area contributed by atoms with Crippen molar-refractivity contribution in [1.82, 2.24) is 10.2 Å². The SMILES string of the molecule is CC[C@H](C)NC(=O)[C@H](CC)N(Cc1ccc(F)cc1)C(=O)CCc1ccc(C)cc1. The average Bonchev–Trinajstić information content (AvgIpc) is 2.74. The van der Waals surface area contributed by atoms with Crippen LogP contribution in [0, 0.1) is 12.7 Å². The van der Waals surface area contributed by atoms with E-state index in [1.807, 2.05) is 52.0 Å². The Bertz CT molecular complexity index is 818. The Labute approximate surface area is 179 Å². The van der Waals surface area contributed by atoms with Gasteiger partial charge in [-0.25, -0.2) is 4.39 Å². The van der Waals surface area contributed by atoms with E-state index in [1.54, 1.807) is 17.0 Å². The maximum Gasteiger partial charge on any atom is 0.243 e. The molecule has 2 aromatic rings. The lowest BCUT2D eigenvalue weighted by Gasteiger charge is -2.31. The number of benzene rings is 2. The van der Waals surface area contributed by atoms with Gasteiger partial charge in [-0.05, 0) is 56.4 Å². The quantitative estimate of drug-likeness (QED) is 0.610. The molecule has 162 valence electrons. The Hall–Kier alpha value is -2.69. The normalized spacial score (nSPS) is 12.8. The van der Waals surface area contributed by atoms with E-state index in [-0.39, 0.29) is 30.2 Å². The Morgan fingerprint density at radius 1 is 0.967 bits per heavy atom. The fraction of sp³-hybridized carbons (Fsp3) is 0.440. The molecule has 0 radical (unpaired) electrons. The summed E-state index contributed by atoms with van der Waals surface area (Å²) in [6.45, 7) is 8.18. The van der Waals surface area contributed by atoms with Gasteiger partial charge in [0.05, 0.1) is 0 Å². The van der Waals surface area contributed by atoms with E-state index < -0.39 is 6.04 Å². The molecular formula is C25H33FN2O2. The van der Waals surface area contributed by atoms with Crippen molar-refractivity contribution in [3.63, 3.8) is 0 Å². The number of halogens is 1. The van der Waals surface area contributed by atoms with Gasteiger partial charge in [-0.1, -0.05) is 55.8 Å². The Balaban J connectivity index is 2.19. The first-order chi connectivity index (χ1) is 14.3. The number of nitrogens with zero attached hydrogens (tertiary/aromatic N) is 1. The van der Waals surface area contributed by atoms with E-state index in [2.05, 4.69) is 5.32 Å². The molecule has 0 aliphatic heterocycles. The number of carbonyl (C=O) groups excluding carboxylic acids is 2. The molecule has 0 bridgehead atoms. The van der Waals surface area contributed by atoms with Gasteiger partial charge >= 0.3 is 0 Å². The van der Waals surface area contributed by atoms with Gasteiger partial charge in [0, 0.05) is 19.0 Å². The van der Waals surface area contributed by atoms with Gasteiger partial charge in [0.2, 0.25) is 11.8 Å². The van der Waals surface area contributed by atoms with Gasteiger partial charge in [-0.2, -0.15) is 0 Å². The van der Waals surface area contributed by atoms with E-state index in [9.17, 15) is 14.0 Å². The minimum atomic E-state index is -0.561. The van der Waals surface area contributed by atoms with E-state index in [4.69, 9.17) is 0 Å². The van der Waals surface area contributed by atoms with Crippen LogP contribution in [0.4, 0.5) is 4.39 Å². The molecule has 0 unspecified atom stereocenters. The number of amides is 2. The first kappa shape index (κ1) is 23.6. The van der Waals surface area contributed by atoms with Crippen molar-refractivity contribution < 1.29 is 14.0 Å². The summed E-state index contributed by atoms with van der Waals surface area (Å²) < 4.78 is 13.3. The summed E-state index contributed by atoms with van der Waals surface area (Å²) in [5.74, 6) is -0.541. The zero-order valence-electron chi connectivity index (χ0n) is 18.5. The number of rotatable bonds is 10. The van der Waals surface area contributed by atoms with E-state index in [1.165, 1.54) is 17.7 Å². The van der Waals surface area contributed by atoms with Crippen molar-refractivity contribution in [3.8, 4) is 0 Å². The van der Waals surface area contributed by atoms with Gasteiger partial charge < -0.3 is 10.2 Å². The van der Waals surface area contributed by atoms with Crippen LogP contribution in [0.25, 0.3) is 0 Å². The highest BCUT2D eigenvalue weighted by molar-refractivity contribution is 5.87. The summed E-state index contributed by atoms with van der Waals surface area (Å²) in [6.07, 6.45) is 2.26. The third kappa shape index (κ3) is 6.97. The average molecular weight is 413 g/mol. The molecule has 0 saturated carbocycles. The van der Waals surface area contributed by atoms with E-state index in [0.29, 0.717) is 19.3 Å². The molecule has 30 heavy (non-hydrogen) atoms. The minimum Gasteiger partial charge on any atom is -0.352 e. The predicted molar refractivity (Wildman–Crippen MR) is 118 cm³/mol. The van der Waals surface area contributed by atoms with E-state index in [0.717, 1.165) is 17.5 Å². The van der Waals surface area contributed by atoms with Gasteiger partial charge in [0.1, 0.15) is 11.9 Å². The second kappa shape index (κ2) is 11.5. The lowest BCUT2D eigenvalue weighted by atomic mass is 10.0. The number of aryl methyl sites for hydroxylation is 2. The molecule has 2 rings (SSSR count). The van der Waals surface area contributed by atoms with Gasteiger partial charge in [-0.3, -0.25) is 9.59 Å². The van der Waals surface area contributed by atoms with Gasteiger partial charge in [0.25, 0.3) is 0 Å². The number of hydrogen-bond donors (Lipinski definition) is 1. The van der Waals surface area contributed by atoms with E-state index >= 15 is 0 Å². The second-order valence-corrected chi connectivity index (χ2v) is 7.88. The van der Waals surface area contributed by atoms with Crippen molar-refractivity contribution in [2.45, 2.75) is 72.0 Å². The van der Waals surface area contributed by atoms with Crippen LogP contribution in [0.3, 0.4) is 0 Å². The number of carbonyl (C=O) groups is 2. The van der Waals surface area contributed by atoms with Crippen molar-refractivity contribution in [1.29, 1.82) is 0 Å². The van der Waals surface area contributed by atoms with Crippen molar-refractivity contribution in [3.05, 3.63) is 71.0 Å². The maximum atomic E-state index is 13.3. The summed E-state index contributed by atoms with van der Waals surface area (Å²) in [5, 5.41) is 3.00. The summed E-state index contributed by atoms with van der Waals surface area (Å²) >= 11 is 0. The summed E-state index contributed by atoms with van der Waals surface area (Å²) in [7, 11) is 0. The lowest BCUT2D eigenvalue weighted by molar-refractivity contribution is -0.141. The standard InChI is InChI=1S/C25H33FN2O2/c1-5-19(4)27-25(30)23(6-2)28(17-21-11-14-22(26)15-12-21)24(29)16-13-20-9-7-18(3)8-10-20/h7-12,14-15,19,23H,5-6,13,16-17H2,1-4H3,(H,27,30)/t19-,23-/m0/s1. The van der Waals surface area contributed by atoms with Gasteiger partial charge in [0.15, 0.2) is 0 Å². The zero-order valence-corrected chi connectivity index (χ0v) is 18.5. The minimum absolute atomic E-state index is 0.0434. The molecule has 0 saturated heterocycles. The van der Waals surface area contributed by atoms with Crippen LogP contribution >= 0.6 is 0 Å². The Kier molecular flexibility index (Phi) is 9.03. The highest BCUT2D eigenvalue weighted by Crippen LogP contribution is 2.16. The molecule has 0 fully saturated rings. The zero-order chi connectivity index (χ0) is 22.1. The van der Waals surface area contributed by atoms with Crippen LogP contribution < -0.4 is 5.32 Å². The molecule has 5 heteroatoms. The topological polar surface area (TPSA) is 49.4 Å². The monoisotopic (exact) mass is 412 g/mol. The molecular weight excluding hydrogens is 379 g/mol. The largest absolute Gasteiger partial charge is 0.352 e. The van der Waals surface area contributed by atoms with Crippen LogP contribution in [-0.2, 0) is 22.6 Å².